The summed E-state index contributed by atoms with van der Waals surface area (Å²) in [5, 5.41) is 13.2. The Balaban J connectivity index is 4.32. The third-order valence-electron chi connectivity index (χ3n) is 13.4. The van der Waals surface area contributed by atoms with E-state index in [1.165, 1.54) is 276 Å². The lowest BCUT2D eigenvalue weighted by Gasteiger charge is -2.22. The maximum Gasteiger partial charge on any atom is 0.0556 e. The second kappa shape index (κ2) is 47.6. The molecule has 0 aromatic carbocycles. The van der Waals surface area contributed by atoms with Crippen LogP contribution in [0.25, 0.3) is 0 Å². The van der Waals surface area contributed by atoms with Crippen LogP contribution >= 0.6 is 0 Å². The largest absolute Gasteiger partial charge is 0.395 e. The maximum atomic E-state index is 9.52. The molecular weight excluding hydrogens is 679 g/mol. The van der Waals surface area contributed by atoms with E-state index in [2.05, 4.69) is 39.9 Å². The van der Waals surface area contributed by atoms with E-state index in [0.29, 0.717) is 6.04 Å². The van der Waals surface area contributed by atoms with E-state index in [1.54, 1.807) is 0 Å². The van der Waals surface area contributed by atoms with Crippen LogP contribution in [0.2, 0.25) is 0 Å². The van der Waals surface area contributed by atoms with Crippen molar-refractivity contribution in [2.75, 3.05) is 13.2 Å². The lowest BCUT2D eigenvalue weighted by molar-refractivity contribution is 0.273. The summed E-state index contributed by atoms with van der Waals surface area (Å²) in [7, 11) is 0. The van der Waals surface area contributed by atoms with Gasteiger partial charge in [-0.3, -0.25) is 0 Å². The van der Waals surface area contributed by atoms with Gasteiger partial charge in [0.1, 0.15) is 0 Å². The first-order chi connectivity index (χ1) is 27.5. The molecule has 0 aliphatic heterocycles. The summed E-state index contributed by atoms with van der Waals surface area (Å²) < 4.78 is 0. The Morgan fingerprint density at radius 3 is 0.982 bits per heavy atom. The summed E-state index contributed by atoms with van der Waals surface area (Å²) >= 11 is 0. The molecule has 2 unspecified atom stereocenters. The molecule has 0 rings (SSSR count). The summed E-state index contributed by atoms with van der Waals surface area (Å²) in [5.41, 5.74) is 0. The predicted octanol–water partition coefficient (Wildman–Crippen LogP) is 18.7. The van der Waals surface area contributed by atoms with Gasteiger partial charge in [-0.1, -0.05) is 291 Å². The minimum absolute atomic E-state index is 0.265. The second-order valence-corrected chi connectivity index (χ2v) is 19.7. The van der Waals surface area contributed by atoms with Gasteiger partial charge in [0, 0.05) is 12.6 Å². The van der Waals surface area contributed by atoms with E-state index in [4.69, 9.17) is 0 Å². The minimum Gasteiger partial charge on any atom is -0.395 e. The van der Waals surface area contributed by atoms with Crippen molar-refractivity contribution in [2.45, 2.75) is 317 Å². The van der Waals surface area contributed by atoms with Crippen molar-refractivity contribution in [3.05, 3.63) is 0 Å². The summed E-state index contributed by atoms with van der Waals surface area (Å²) in [4.78, 5) is 0. The Bertz CT molecular complexity index is 656. The molecule has 0 amide bonds. The fraction of sp³-hybridized carbons (Fsp3) is 1.00. The summed E-state index contributed by atoms with van der Waals surface area (Å²) in [6.45, 7) is 12.8. The molecule has 0 fully saturated rings. The van der Waals surface area contributed by atoms with Gasteiger partial charge >= 0.3 is 0 Å². The third kappa shape index (κ3) is 45.0. The number of hydrogen-bond acceptors (Lipinski definition) is 2. The summed E-state index contributed by atoms with van der Waals surface area (Å²) in [6, 6.07) is 0.591. The normalized spacial score (nSPS) is 13.1. The lowest BCUT2D eigenvalue weighted by Crippen LogP contribution is -2.32. The molecule has 0 bridgehead atoms. The zero-order chi connectivity index (χ0) is 40.8. The Labute approximate surface area is 356 Å². The van der Waals surface area contributed by atoms with Crippen LogP contribution in [0, 0.1) is 17.8 Å². The van der Waals surface area contributed by atoms with E-state index < -0.39 is 0 Å². The van der Waals surface area contributed by atoms with Gasteiger partial charge in [0.15, 0.2) is 0 Å². The highest BCUT2D eigenvalue weighted by Gasteiger charge is 2.13. The molecule has 0 saturated heterocycles. The molecule has 0 aliphatic carbocycles. The van der Waals surface area contributed by atoms with Crippen LogP contribution in [0.4, 0.5) is 0 Å². The molecule has 2 heteroatoms. The Morgan fingerprint density at radius 2 is 0.643 bits per heavy atom. The molecule has 338 valence electrons. The summed E-state index contributed by atoms with van der Waals surface area (Å²) in [5.74, 6) is 2.62. The standard InChI is InChI=1S/C54H111NO/c1-6-8-10-12-14-16-18-20-22-24-26-28-30-32-34-36-43-53(44-37-35-33-31-29-27-25-23-21-19-17-15-13-11-9-7-2)45-38-39-46-54(55-49-50-56)48-47-52(5)42-40-41-51(3)4/h51-56H,6-50H2,1-5H3. The van der Waals surface area contributed by atoms with Crippen LogP contribution in [0.15, 0.2) is 0 Å². The van der Waals surface area contributed by atoms with E-state index >= 15 is 0 Å². The Hall–Kier alpha value is -0.0800. The zero-order valence-corrected chi connectivity index (χ0v) is 40.1. The predicted molar refractivity (Wildman–Crippen MR) is 256 cm³/mol. The fourth-order valence-electron chi connectivity index (χ4n) is 9.34. The molecular formula is C54H111NO. The van der Waals surface area contributed by atoms with Gasteiger partial charge in [0.2, 0.25) is 0 Å². The first-order valence-electron chi connectivity index (χ1n) is 26.9. The minimum atomic E-state index is 0.265. The molecule has 56 heavy (non-hydrogen) atoms. The van der Waals surface area contributed by atoms with E-state index in [0.717, 1.165) is 24.3 Å². The van der Waals surface area contributed by atoms with Crippen molar-refractivity contribution in [3.8, 4) is 0 Å². The van der Waals surface area contributed by atoms with Crippen molar-refractivity contribution >= 4 is 0 Å². The number of rotatable bonds is 49. The lowest BCUT2D eigenvalue weighted by atomic mass is 9.88. The molecule has 2 atom stereocenters. The molecule has 0 radical (unpaired) electrons. The molecule has 0 aromatic rings. The van der Waals surface area contributed by atoms with E-state index in [9.17, 15) is 5.11 Å². The van der Waals surface area contributed by atoms with Crippen molar-refractivity contribution in [1.82, 2.24) is 5.32 Å². The first-order valence-corrected chi connectivity index (χ1v) is 26.9. The maximum absolute atomic E-state index is 9.52. The van der Waals surface area contributed by atoms with Crippen molar-refractivity contribution in [1.29, 1.82) is 0 Å². The zero-order valence-electron chi connectivity index (χ0n) is 40.1. The van der Waals surface area contributed by atoms with Gasteiger partial charge < -0.3 is 10.4 Å². The molecule has 0 saturated carbocycles. The number of hydrogen-bond donors (Lipinski definition) is 2. The molecule has 0 heterocycles. The summed E-state index contributed by atoms with van der Waals surface area (Å²) in [6.07, 6.45) is 62.1. The quantitative estimate of drug-likeness (QED) is 0.0602. The highest BCUT2D eigenvalue weighted by atomic mass is 16.3. The van der Waals surface area contributed by atoms with Crippen molar-refractivity contribution in [3.63, 3.8) is 0 Å². The van der Waals surface area contributed by atoms with Crippen molar-refractivity contribution in [2.24, 2.45) is 17.8 Å². The van der Waals surface area contributed by atoms with Gasteiger partial charge in [-0.05, 0) is 37.0 Å². The van der Waals surface area contributed by atoms with Crippen LogP contribution in [-0.4, -0.2) is 24.3 Å². The topological polar surface area (TPSA) is 32.3 Å². The molecule has 0 spiro atoms. The van der Waals surface area contributed by atoms with Gasteiger partial charge in [0.25, 0.3) is 0 Å². The fourth-order valence-corrected chi connectivity index (χ4v) is 9.34. The van der Waals surface area contributed by atoms with Crippen LogP contribution in [-0.2, 0) is 0 Å². The van der Waals surface area contributed by atoms with Gasteiger partial charge in [-0.25, -0.2) is 0 Å². The Kier molecular flexibility index (Phi) is 47.5. The van der Waals surface area contributed by atoms with E-state index in [-0.39, 0.29) is 6.61 Å². The van der Waals surface area contributed by atoms with Crippen LogP contribution in [0.3, 0.4) is 0 Å². The first kappa shape index (κ1) is 55.9. The molecule has 2 nitrogen and oxygen atoms in total. The highest BCUT2D eigenvalue weighted by molar-refractivity contribution is 4.70. The number of aliphatic hydroxyl groups is 1. The van der Waals surface area contributed by atoms with Gasteiger partial charge in [-0.15, -0.1) is 0 Å². The van der Waals surface area contributed by atoms with Crippen LogP contribution in [0.5, 0.6) is 0 Å². The Morgan fingerprint density at radius 1 is 0.321 bits per heavy atom. The highest BCUT2D eigenvalue weighted by Crippen LogP contribution is 2.26. The second-order valence-electron chi connectivity index (χ2n) is 19.7. The average molecular weight is 790 g/mol. The van der Waals surface area contributed by atoms with Crippen molar-refractivity contribution < 1.29 is 5.11 Å². The van der Waals surface area contributed by atoms with Crippen LogP contribution < -0.4 is 5.32 Å². The molecule has 0 aromatic heterocycles. The SMILES string of the molecule is CCCCCCCCCCCCCCCCCCC(CCCCCCCCCCCCCCCCCC)CCCCC(CCC(C)CCCC(C)C)NCCO. The number of aliphatic hydroxyl groups excluding tert-OH is 1. The third-order valence-corrected chi connectivity index (χ3v) is 13.4. The van der Waals surface area contributed by atoms with Gasteiger partial charge in [0.05, 0.1) is 6.61 Å². The number of nitrogens with one attached hydrogen (secondary N) is 1. The van der Waals surface area contributed by atoms with Gasteiger partial charge in [-0.2, -0.15) is 0 Å². The van der Waals surface area contributed by atoms with Crippen LogP contribution in [0.1, 0.15) is 311 Å². The molecule has 2 N–H and O–H groups in total. The smallest absolute Gasteiger partial charge is 0.0556 e. The number of unbranched alkanes of at least 4 members (excludes halogenated alkanes) is 31. The van der Waals surface area contributed by atoms with E-state index in [1.807, 2.05) is 0 Å². The monoisotopic (exact) mass is 790 g/mol. The molecule has 0 aliphatic rings. The average Bonchev–Trinajstić information content (AvgIpc) is 3.19.